The zero-order valence-electron chi connectivity index (χ0n) is 10.7. The first-order chi connectivity index (χ1) is 8.18. The molecule has 0 aromatic carbocycles. The maximum Gasteiger partial charge on any atom is 0.330 e. The topological polar surface area (TPSA) is 46.5 Å². The summed E-state index contributed by atoms with van der Waals surface area (Å²) in [6, 6.07) is 0. The van der Waals surface area contributed by atoms with Crippen LogP contribution in [0.25, 0.3) is 0 Å². The average Bonchev–Trinajstić information content (AvgIpc) is 2.31. The molecule has 0 aliphatic carbocycles. The normalized spacial score (nSPS) is 12.5. The van der Waals surface area contributed by atoms with Gasteiger partial charge in [-0.05, 0) is 19.4 Å². The third-order valence-electron chi connectivity index (χ3n) is 2.17. The van der Waals surface area contributed by atoms with Crippen molar-refractivity contribution in [1.29, 1.82) is 0 Å². The minimum absolute atomic E-state index is 0.358. The smallest absolute Gasteiger partial charge is 0.330 e. The van der Waals surface area contributed by atoms with Gasteiger partial charge in [0.2, 0.25) is 0 Å². The monoisotopic (exact) mass is 238 g/mol. The first-order valence-electron chi connectivity index (χ1n) is 6.01. The predicted octanol–water partition coefficient (Wildman–Crippen LogP) is 3.68. The molecule has 17 heavy (non-hydrogen) atoms. The summed E-state index contributed by atoms with van der Waals surface area (Å²) in [5.41, 5.74) is 0.358. The molecule has 0 rings (SSSR count). The van der Waals surface area contributed by atoms with Crippen molar-refractivity contribution in [2.75, 3.05) is 6.61 Å². The summed E-state index contributed by atoms with van der Waals surface area (Å²) < 4.78 is 5.20. The molecule has 0 unspecified atom stereocenters. The SMILES string of the molecule is CCCCC=CC=COCCC=C(C)C(=O)O. The van der Waals surface area contributed by atoms with Crippen molar-refractivity contribution >= 4 is 5.97 Å². The van der Waals surface area contributed by atoms with Gasteiger partial charge >= 0.3 is 5.97 Å². The van der Waals surface area contributed by atoms with Crippen LogP contribution in [-0.2, 0) is 9.53 Å². The van der Waals surface area contributed by atoms with E-state index in [2.05, 4.69) is 13.0 Å². The van der Waals surface area contributed by atoms with Gasteiger partial charge in [0.1, 0.15) is 0 Å². The zero-order chi connectivity index (χ0) is 12.9. The van der Waals surface area contributed by atoms with Crippen molar-refractivity contribution in [1.82, 2.24) is 0 Å². The summed E-state index contributed by atoms with van der Waals surface area (Å²) in [4.78, 5) is 10.5. The maximum atomic E-state index is 10.5. The van der Waals surface area contributed by atoms with E-state index < -0.39 is 5.97 Å². The number of aliphatic carboxylic acids is 1. The van der Waals surface area contributed by atoms with E-state index in [9.17, 15) is 4.79 Å². The van der Waals surface area contributed by atoms with Gasteiger partial charge in [-0.3, -0.25) is 0 Å². The van der Waals surface area contributed by atoms with E-state index in [1.807, 2.05) is 12.2 Å². The Bertz CT molecular complexity index is 288. The van der Waals surface area contributed by atoms with Crippen molar-refractivity contribution in [3.05, 3.63) is 36.1 Å². The summed E-state index contributed by atoms with van der Waals surface area (Å²) in [7, 11) is 0. The lowest BCUT2D eigenvalue weighted by Gasteiger charge is -1.96. The molecule has 0 aromatic rings. The third-order valence-corrected chi connectivity index (χ3v) is 2.17. The molecule has 0 aliphatic heterocycles. The van der Waals surface area contributed by atoms with Gasteiger partial charge in [-0.25, -0.2) is 4.79 Å². The van der Waals surface area contributed by atoms with E-state index in [0.29, 0.717) is 18.6 Å². The van der Waals surface area contributed by atoms with E-state index >= 15 is 0 Å². The lowest BCUT2D eigenvalue weighted by molar-refractivity contribution is -0.132. The van der Waals surface area contributed by atoms with E-state index in [0.717, 1.165) is 6.42 Å². The van der Waals surface area contributed by atoms with E-state index in [1.165, 1.54) is 12.8 Å². The Morgan fingerprint density at radius 1 is 1.29 bits per heavy atom. The van der Waals surface area contributed by atoms with Crippen LogP contribution in [-0.4, -0.2) is 17.7 Å². The zero-order valence-corrected chi connectivity index (χ0v) is 10.7. The number of ether oxygens (including phenoxy) is 1. The molecule has 3 nitrogen and oxygen atoms in total. The minimum Gasteiger partial charge on any atom is -0.501 e. The van der Waals surface area contributed by atoms with E-state index in [-0.39, 0.29) is 0 Å². The second kappa shape index (κ2) is 11.0. The average molecular weight is 238 g/mol. The second-order valence-corrected chi connectivity index (χ2v) is 3.75. The molecule has 0 spiro atoms. The number of unbranched alkanes of at least 4 members (excludes halogenated alkanes) is 2. The second-order valence-electron chi connectivity index (χ2n) is 3.75. The van der Waals surface area contributed by atoms with Gasteiger partial charge in [-0.1, -0.05) is 38.0 Å². The number of hydrogen-bond acceptors (Lipinski definition) is 2. The van der Waals surface area contributed by atoms with Crippen molar-refractivity contribution in [3.8, 4) is 0 Å². The first-order valence-corrected chi connectivity index (χ1v) is 6.01. The van der Waals surface area contributed by atoms with Gasteiger partial charge in [0, 0.05) is 12.0 Å². The van der Waals surface area contributed by atoms with Crippen LogP contribution in [0.4, 0.5) is 0 Å². The Labute approximate surface area is 103 Å². The van der Waals surface area contributed by atoms with Crippen molar-refractivity contribution in [2.24, 2.45) is 0 Å². The largest absolute Gasteiger partial charge is 0.501 e. The molecule has 0 atom stereocenters. The van der Waals surface area contributed by atoms with Gasteiger partial charge in [-0.15, -0.1) is 0 Å². The van der Waals surface area contributed by atoms with E-state index in [1.54, 1.807) is 19.3 Å². The van der Waals surface area contributed by atoms with Gasteiger partial charge in [0.05, 0.1) is 12.9 Å². The Kier molecular flexibility index (Phi) is 10.0. The quantitative estimate of drug-likeness (QED) is 0.288. The summed E-state index contributed by atoms with van der Waals surface area (Å²) >= 11 is 0. The van der Waals surface area contributed by atoms with Crippen LogP contribution in [0.3, 0.4) is 0 Å². The molecule has 0 fully saturated rings. The Balaban J connectivity index is 3.51. The molecule has 0 aromatic heterocycles. The molecule has 3 heteroatoms. The number of rotatable bonds is 9. The van der Waals surface area contributed by atoms with Gasteiger partial charge in [-0.2, -0.15) is 0 Å². The highest BCUT2D eigenvalue weighted by atomic mass is 16.5. The molecule has 1 N–H and O–H groups in total. The molecule has 96 valence electrons. The molecule has 0 aliphatic rings. The Morgan fingerprint density at radius 2 is 2.06 bits per heavy atom. The van der Waals surface area contributed by atoms with Crippen LogP contribution in [0, 0.1) is 0 Å². The third kappa shape index (κ3) is 10.8. The maximum absolute atomic E-state index is 10.5. The highest BCUT2D eigenvalue weighted by Crippen LogP contribution is 1.97. The fraction of sp³-hybridized carbons (Fsp3) is 0.500. The number of carboxylic acids is 1. The molecule has 0 amide bonds. The summed E-state index contributed by atoms with van der Waals surface area (Å²) in [5.74, 6) is -0.876. The van der Waals surface area contributed by atoms with Gasteiger partial charge in [0.15, 0.2) is 0 Å². The fourth-order valence-corrected chi connectivity index (χ4v) is 1.10. The standard InChI is InChI=1S/C14H22O3/c1-3-4-5-6-7-8-11-17-12-9-10-13(2)14(15)16/h6-8,10-11H,3-5,9,12H2,1-2H3,(H,15,16). The summed E-state index contributed by atoms with van der Waals surface area (Å²) in [5, 5.41) is 8.59. The molecule has 0 heterocycles. The number of allylic oxidation sites excluding steroid dienone is 3. The van der Waals surface area contributed by atoms with Gasteiger partial charge in [0.25, 0.3) is 0 Å². The lowest BCUT2D eigenvalue weighted by atomic mass is 10.2. The number of carbonyl (C=O) groups is 1. The highest BCUT2D eigenvalue weighted by Gasteiger charge is 1.96. The summed E-state index contributed by atoms with van der Waals surface area (Å²) in [6.45, 7) is 4.25. The fourth-order valence-electron chi connectivity index (χ4n) is 1.10. The predicted molar refractivity (Wildman–Crippen MR) is 69.8 cm³/mol. The molecular formula is C14H22O3. The highest BCUT2D eigenvalue weighted by molar-refractivity contribution is 5.85. The number of hydrogen-bond donors (Lipinski definition) is 1. The molecule has 0 saturated heterocycles. The van der Waals surface area contributed by atoms with E-state index in [4.69, 9.17) is 9.84 Å². The molecule has 0 bridgehead atoms. The molecular weight excluding hydrogens is 216 g/mol. The van der Waals surface area contributed by atoms with Crippen LogP contribution in [0.2, 0.25) is 0 Å². The molecule has 0 radical (unpaired) electrons. The molecule has 0 saturated carbocycles. The van der Waals surface area contributed by atoms with Crippen molar-refractivity contribution in [2.45, 2.75) is 39.5 Å². The summed E-state index contributed by atoms with van der Waals surface area (Å²) in [6.07, 6.45) is 13.3. The lowest BCUT2D eigenvalue weighted by Crippen LogP contribution is -1.96. The van der Waals surface area contributed by atoms with Crippen LogP contribution >= 0.6 is 0 Å². The first kappa shape index (κ1) is 15.5. The number of carboxylic acid groups (broad SMARTS) is 1. The van der Waals surface area contributed by atoms with Crippen LogP contribution in [0.1, 0.15) is 39.5 Å². The van der Waals surface area contributed by atoms with Gasteiger partial charge < -0.3 is 9.84 Å². The minimum atomic E-state index is -0.876. The van der Waals surface area contributed by atoms with Crippen molar-refractivity contribution < 1.29 is 14.6 Å². The van der Waals surface area contributed by atoms with Crippen molar-refractivity contribution in [3.63, 3.8) is 0 Å². The van der Waals surface area contributed by atoms with Crippen LogP contribution < -0.4 is 0 Å². The van der Waals surface area contributed by atoms with Crippen LogP contribution in [0.5, 0.6) is 0 Å². The Hall–Kier alpha value is -1.51. The van der Waals surface area contributed by atoms with Crippen LogP contribution in [0.15, 0.2) is 36.1 Å². The Morgan fingerprint density at radius 3 is 2.71 bits per heavy atom.